The lowest BCUT2D eigenvalue weighted by molar-refractivity contribution is 0.466. The van der Waals surface area contributed by atoms with E-state index in [-0.39, 0.29) is 5.54 Å². The number of hydrogen-bond donors (Lipinski definition) is 1. The SMILES string of the molecule is Cc1c[c]c(-n2nccn2)c(N2CCC[C@@]2(C)c2nc3c(C)c(C)ccc3[nH]2)c1. The summed E-state index contributed by atoms with van der Waals surface area (Å²) in [6.45, 7) is 9.62. The average Bonchev–Trinajstić information content (AvgIpc) is 3.44. The van der Waals surface area contributed by atoms with Gasteiger partial charge in [-0.3, -0.25) is 0 Å². The molecular formula is C23H25N6. The van der Waals surface area contributed by atoms with Gasteiger partial charge in [-0.2, -0.15) is 10.2 Å². The Morgan fingerprint density at radius 2 is 1.93 bits per heavy atom. The number of aryl methyl sites for hydroxylation is 3. The molecule has 147 valence electrons. The minimum Gasteiger partial charge on any atom is -0.357 e. The molecule has 6 heteroatoms. The van der Waals surface area contributed by atoms with Crippen molar-refractivity contribution in [1.82, 2.24) is 25.0 Å². The zero-order chi connectivity index (χ0) is 20.2. The van der Waals surface area contributed by atoms with Gasteiger partial charge in [0.1, 0.15) is 11.5 Å². The first-order valence-corrected chi connectivity index (χ1v) is 10.1. The summed E-state index contributed by atoms with van der Waals surface area (Å²) in [5, 5.41) is 8.70. The molecule has 0 spiro atoms. The molecule has 0 saturated carbocycles. The maximum Gasteiger partial charge on any atom is 0.132 e. The minimum atomic E-state index is -0.233. The van der Waals surface area contributed by atoms with E-state index in [2.05, 4.69) is 72.0 Å². The normalized spacial score (nSPS) is 19.4. The van der Waals surface area contributed by atoms with Crippen LogP contribution in [0.4, 0.5) is 5.69 Å². The second-order valence-electron chi connectivity index (χ2n) is 8.25. The van der Waals surface area contributed by atoms with Crippen LogP contribution >= 0.6 is 0 Å². The number of nitrogens with one attached hydrogen (secondary N) is 1. The smallest absolute Gasteiger partial charge is 0.132 e. The number of H-pyrrole nitrogens is 1. The quantitative estimate of drug-likeness (QED) is 0.568. The Kier molecular flexibility index (Phi) is 3.98. The van der Waals surface area contributed by atoms with Gasteiger partial charge in [0.15, 0.2) is 0 Å². The first-order chi connectivity index (χ1) is 14.0. The van der Waals surface area contributed by atoms with Crippen LogP contribution in [0.3, 0.4) is 0 Å². The Bertz CT molecular complexity index is 1190. The molecule has 0 amide bonds. The van der Waals surface area contributed by atoms with Crippen LogP contribution in [0.5, 0.6) is 0 Å². The molecule has 2 aromatic carbocycles. The lowest BCUT2D eigenvalue weighted by Gasteiger charge is -2.36. The number of hydrogen-bond acceptors (Lipinski definition) is 4. The number of aromatic amines is 1. The van der Waals surface area contributed by atoms with Crippen molar-refractivity contribution in [2.75, 3.05) is 11.4 Å². The fourth-order valence-corrected chi connectivity index (χ4v) is 4.44. The number of rotatable bonds is 3. The van der Waals surface area contributed by atoms with Crippen LogP contribution in [-0.2, 0) is 5.54 Å². The highest BCUT2D eigenvalue weighted by molar-refractivity contribution is 5.80. The third-order valence-corrected chi connectivity index (χ3v) is 6.28. The van der Waals surface area contributed by atoms with Crippen molar-refractivity contribution >= 4 is 16.7 Å². The van der Waals surface area contributed by atoms with Gasteiger partial charge in [-0.25, -0.2) is 4.98 Å². The molecule has 0 bridgehead atoms. The molecular weight excluding hydrogens is 360 g/mol. The van der Waals surface area contributed by atoms with Crippen molar-refractivity contribution in [2.24, 2.45) is 0 Å². The number of aromatic nitrogens is 5. The molecule has 1 atom stereocenters. The van der Waals surface area contributed by atoms with Crippen molar-refractivity contribution in [3.8, 4) is 5.69 Å². The van der Waals surface area contributed by atoms with Crippen LogP contribution < -0.4 is 4.90 Å². The highest BCUT2D eigenvalue weighted by Crippen LogP contribution is 2.43. The molecule has 1 radical (unpaired) electrons. The standard InChI is InChI=1S/C23H25N6/c1-15-6-9-19(29-24-11-12-25-29)20(14-15)28-13-5-10-23(28,4)22-26-18-8-7-16(2)17(3)21(18)27-22/h6-8,11-12,14H,5,10,13H2,1-4H3,(H,26,27)/t23-/m0/s1. The van der Waals surface area contributed by atoms with E-state index in [9.17, 15) is 0 Å². The van der Waals surface area contributed by atoms with E-state index in [1.54, 1.807) is 17.2 Å². The number of imidazole rings is 1. The molecule has 1 aliphatic rings. The predicted octanol–water partition coefficient (Wildman–Crippen LogP) is 4.38. The lowest BCUT2D eigenvalue weighted by atomic mass is 9.97. The monoisotopic (exact) mass is 385 g/mol. The summed E-state index contributed by atoms with van der Waals surface area (Å²) >= 11 is 0. The van der Waals surface area contributed by atoms with E-state index in [1.807, 2.05) is 6.07 Å². The van der Waals surface area contributed by atoms with Crippen LogP contribution in [0.25, 0.3) is 16.7 Å². The lowest BCUT2D eigenvalue weighted by Crippen LogP contribution is -2.40. The van der Waals surface area contributed by atoms with Gasteiger partial charge < -0.3 is 9.88 Å². The summed E-state index contributed by atoms with van der Waals surface area (Å²) < 4.78 is 0. The second kappa shape index (κ2) is 6.44. The van der Waals surface area contributed by atoms with Gasteiger partial charge in [0.25, 0.3) is 0 Å². The summed E-state index contributed by atoms with van der Waals surface area (Å²) in [4.78, 5) is 12.8. The molecule has 5 rings (SSSR count). The fraction of sp³-hybridized carbons (Fsp3) is 0.348. The number of benzene rings is 2. The molecule has 6 nitrogen and oxygen atoms in total. The third-order valence-electron chi connectivity index (χ3n) is 6.28. The van der Waals surface area contributed by atoms with Gasteiger partial charge in [0.05, 0.1) is 34.7 Å². The highest BCUT2D eigenvalue weighted by Gasteiger charge is 2.42. The van der Waals surface area contributed by atoms with E-state index in [0.717, 1.165) is 47.6 Å². The fourth-order valence-electron chi connectivity index (χ4n) is 4.44. The van der Waals surface area contributed by atoms with Gasteiger partial charge >= 0.3 is 0 Å². The number of fused-ring (bicyclic) bond motifs is 1. The molecule has 4 aromatic rings. The Labute approximate surface area is 170 Å². The zero-order valence-corrected chi connectivity index (χ0v) is 17.3. The zero-order valence-electron chi connectivity index (χ0n) is 17.3. The predicted molar refractivity (Wildman–Crippen MR) is 114 cm³/mol. The van der Waals surface area contributed by atoms with Gasteiger partial charge in [0, 0.05) is 12.6 Å². The first kappa shape index (κ1) is 17.9. The Morgan fingerprint density at radius 1 is 1.14 bits per heavy atom. The van der Waals surface area contributed by atoms with Crippen LogP contribution in [0.15, 0.2) is 36.7 Å². The summed E-state index contributed by atoms with van der Waals surface area (Å²) in [5.41, 5.74) is 7.57. The highest BCUT2D eigenvalue weighted by atomic mass is 15.5. The molecule has 2 aromatic heterocycles. The van der Waals surface area contributed by atoms with Crippen LogP contribution in [0.2, 0.25) is 0 Å². The topological polar surface area (TPSA) is 62.6 Å². The molecule has 29 heavy (non-hydrogen) atoms. The van der Waals surface area contributed by atoms with E-state index in [0.29, 0.717) is 0 Å². The average molecular weight is 385 g/mol. The van der Waals surface area contributed by atoms with Crippen LogP contribution in [-0.4, -0.2) is 31.5 Å². The minimum absolute atomic E-state index is 0.233. The second-order valence-corrected chi connectivity index (χ2v) is 8.25. The van der Waals surface area contributed by atoms with Crippen molar-refractivity contribution in [1.29, 1.82) is 0 Å². The van der Waals surface area contributed by atoms with Crippen LogP contribution in [0.1, 0.15) is 42.3 Å². The van der Waals surface area contributed by atoms with Gasteiger partial charge in [-0.05, 0) is 75.4 Å². The Balaban J connectivity index is 1.66. The van der Waals surface area contributed by atoms with Crippen molar-refractivity contribution in [2.45, 2.75) is 46.1 Å². The van der Waals surface area contributed by atoms with E-state index in [1.165, 1.54) is 16.7 Å². The first-order valence-electron chi connectivity index (χ1n) is 10.1. The van der Waals surface area contributed by atoms with Crippen molar-refractivity contribution in [3.63, 3.8) is 0 Å². The summed E-state index contributed by atoms with van der Waals surface area (Å²) in [6, 6.07) is 11.9. The Morgan fingerprint density at radius 3 is 2.72 bits per heavy atom. The van der Waals surface area contributed by atoms with Crippen molar-refractivity contribution < 1.29 is 0 Å². The van der Waals surface area contributed by atoms with Gasteiger partial charge in [-0.1, -0.05) is 6.07 Å². The van der Waals surface area contributed by atoms with Crippen molar-refractivity contribution in [3.05, 3.63) is 65.2 Å². The molecule has 0 aliphatic carbocycles. The molecule has 0 unspecified atom stereocenters. The number of nitrogens with zero attached hydrogens (tertiary/aromatic N) is 5. The van der Waals surface area contributed by atoms with E-state index < -0.39 is 0 Å². The summed E-state index contributed by atoms with van der Waals surface area (Å²) in [6.07, 6.45) is 5.53. The molecule has 1 N–H and O–H groups in total. The Hall–Kier alpha value is -3.15. The van der Waals surface area contributed by atoms with Crippen LogP contribution in [0, 0.1) is 26.8 Å². The summed E-state index contributed by atoms with van der Waals surface area (Å²) in [5.74, 6) is 1.01. The third kappa shape index (κ3) is 2.74. The van der Waals surface area contributed by atoms with E-state index >= 15 is 0 Å². The van der Waals surface area contributed by atoms with E-state index in [4.69, 9.17) is 4.98 Å². The van der Waals surface area contributed by atoms with Gasteiger partial charge in [-0.15, -0.1) is 4.80 Å². The van der Waals surface area contributed by atoms with Gasteiger partial charge in [0.2, 0.25) is 0 Å². The number of anilines is 1. The maximum atomic E-state index is 5.07. The largest absolute Gasteiger partial charge is 0.357 e. The molecule has 1 aliphatic heterocycles. The summed E-state index contributed by atoms with van der Waals surface area (Å²) in [7, 11) is 0. The molecule has 3 heterocycles. The molecule has 1 saturated heterocycles. The maximum absolute atomic E-state index is 5.07. The molecule has 1 fully saturated rings.